The number of aryl methyl sites for hydroxylation is 2. The summed E-state index contributed by atoms with van der Waals surface area (Å²) in [7, 11) is 1.92. The smallest absolute Gasteiger partial charge is 0.223 e. The van der Waals surface area contributed by atoms with Gasteiger partial charge in [-0.15, -0.1) is 0 Å². The van der Waals surface area contributed by atoms with Gasteiger partial charge >= 0.3 is 0 Å². The molecule has 3 unspecified atom stereocenters. The molecule has 2 aliphatic rings. The summed E-state index contributed by atoms with van der Waals surface area (Å²) in [5.74, 6) is 3.60. The van der Waals surface area contributed by atoms with Crippen molar-refractivity contribution in [1.29, 1.82) is 0 Å². The molecule has 1 saturated heterocycles. The highest BCUT2D eigenvalue weighted by atomic mass is 16.3. The third-order valence-corrected chi connectivity index (χ3v) is 5.43. The summed E-state index contributed by atoms with van der Waals surface area (Å²) in [6, 6.07) is 4.31. The highest BCUT2D eigenvalue weighted by Gasteiger charge is 2.36. The number of carbonyl (C=O) groups excluding carboxylic acids is 1. The number of rotatable bonds is 5. The Bertz CT molecular complexity index is 733. The standard InChI is InChI=1S/C19H25N3O2/c1-13-10-16(13)18-7-5-15(24-18)6-8-19(23)22-9-3-4-17(22)14-11-20-21(2)12-14/h5,7,11-13,16-17H,3-4,6,8-10H2,1-2H3. The van der Waals surface area contributed by atoms with Crippen molar-refractivity contribution in [2.24, 2.45) is 13.0 Å². The largest absolute Gasteiger partial charge is 0.466 e. The van der Waals surface area contributed by atoms with Gasteiger partial charge in [-0.25, -0.2) is 0 Å². The van der Waals surface area contributed by atoms with Crippen molar-refractivity contribution in [3.8, 4) is 0 Å². The normalized spacial score (nSPS) is 26.1. The fraction of sp³-hybridized carbons (Fsp3) is 0.579. The first kappa shape index (κ1) is 15.5. The molecule has 2 fully saturated rings. The molecule has 5 heteroatoms. The molecule has 0 aromatic carbocycles. The minimum absolute atomic E-state index is 0.186. The molecule has 3 heterocycles. The van der Waals surface area contributed by atoms with Crippen molar-refractivity contribution in [2.45, 2.75) is 51.0 Å². The van der Waals surface area contributed by atoms with E-state index in [0.717, 1.165) is 42.4 Å². The molecule has 1 saturated carbocycles. The fourth-order valence-electron chi connectivity index (χ4n) is 3.84. The van der Waals surface area contributed by atoms with Gasteiger partial charge in [-0.1, -0.05) is 6.92 Å². The molecule has 1 aliphatic heterocycles. The van der Waals surface area contributed by atoms with Crippen LogP contribution in [0, 0.1) is 5.92 Å². The number of hydrogen-bond acceptors (Lipinski definition) is 3. The van der Waals surface area contributed by atoms with Gasteiger partial charge in [0.15, 0.2) is 0 Å². The van der Waals surface area contributed by atoms with Crippen LogP contribution in [0.2, 0.25) is 0 Å². The number of aromatic nitrogens is 2. The Morgan fingerprint density at radius 2 is 2.25 bits per heavy atom. The summed E-state index contributed by atoms with van der Waals surface area (Å²) < 4.78 is 7.73. The Balaban J connectivity index is 1.36. The van der Waals surface area contributed by atoms with E-state index in [1.165, 1.54) is 6.42 Å². The molecule has 1 aliphatic carbocycles. The number of carbonyl (C=O) groups is 1. The first-order valence-corrected chi connectivity index (χ1v) is 8.98. The second-order valence-electron chi connectivity index (χ2n) is 7.32. The van der Waals surface area contributed by atoms with Crippen LogP contribution in [0.25, 0.3) is 0 Å². The molecule has 3 atom stereocenters. The molecule has 2 aromatic heterocycles. The van der Waals surface area contributed by atoms with Crippen molar-refractivity contribution < 1.29 is 9.21 Å². The average molecular weight is 327 g/mol. The van der Waals surface area contributed by atoms with Crippen molar-refractivity contribution in [3.63, 3.8) is 0 Å². The van der Waals surface area contributed by atoms with E-state index in [2.05, 4.69) is 18.1 Å². The van der Waals surface area contributed by atoms with Gasteiger partial charge in [-0.2, -0.15) is 5.10 Å². The summed E-state index contributed by atoms with van der Waals surface area (Å²) >= 11 is 0. The molecule has 0 spiro atoms. The fourth-order valence-corrected chi connectivity index (χ4v) is 3.84. The topological polar surface area (TPSA) is 51.3 Å². The molecule has 1 amide bonds. The maximum Gasteiger partial charge on any atom is 0.223 e. The van der Waals surface area contributed by atoms with Gasteiger partial charge in [0, 0.05) is 44.1 Å². The lowest BCUT2D eigenvalue weighted by Crippen LogP contribution is -2.30. The van der Waals surface area contributed by atoms with Crippen LogP contribution in [0.3, 0.4) is 0 Å². The summed E-state index contributed by atoms with van der Waals surface area (Å²) in [4.78, 5) is 14.7. The lowest BCUT2D eigenvalue weighted by Gasteiger charge is -2.23. The molecule has 5 nitrogen and oxygen atoms in total. The molecule has 0 bridgehead atoms. The molecular formula is C19H25N3O2. The van der Waals surface area contributed by atoms with E-state index in [9.17, 15) is 4.79 Å². The molecule has 128 valence electrons. The predicted octanol–water partition coefficient (Wildman–Crippen LogP) is 3.43. The van der Waals surface area contributed by atoms with Gasteiger partial charge < -0.3 is 9.32 Å². The number of nitrogens with zero attached hydrogens (tertiary/aromatic N) is 3. The Morgan fingerprint density at radius 1 is 1.42 bits per heavy atom. The second kappa shape index (κ2) is 6.11. The molecule has 0 N–H and O–H groups in total. The van der Waals surface area contributed by atoms with Crippen LogP contribution < -0.4 is 0 Å². The van der Waals surface area contributed by atoms with Gasteiger partial charge in [0.1, 0.15) is 11.5 Å². The highest BCUT2D eigenvalue weighted by Crippen LogP contribution is 2.47. The minimum Gasteiger partial charge on any atom is -0.466 e. The Kier molecular flexibility index (Phi) is 3.94. The van der Waals surface area contributed by atoms with Crippen LogP contribution in [0.4, 0.5) is 0 Å². The zero-order chi connectivity index (χ0) is 16.7. The van der Waals surface area contributed by atoms with Crippen molar-refractivity contribution in [2.75, 3.05) is 6.54 Å². The lowest BCUT2D eigenvalue weighted by molar-refractivity contribution is -0.132. The predicted molar refractivity (Wildman–Crippen MR) is 90.4 cm³/mol. The molecule has 4 rings (SSSR count). The van der Waals surface area contributed by atoms with Gasteiger partial charge in [0.25, 0.3) is 0 Å². The van der Waals surface area contributed by atoms with Gasteiger partial charge in [0.05, 0.1) is 12.2 Å². The van der Waals surface area contributed by atoms with Gasteiger partial charge in [-0.3, -0.25) is 9.48 Å². The quantitative estimate of drug-likeness (QED) is 0.845. The van der Waals surface area contributed by atoms with Gasteiger partial charge in [-0.05, 0) is 37.3 Å². The summed E-state index contributed by atoms with van der Waals surface area (Å²) in [6.07, 6.45) is 8.43. The summed E-state index contributed by atoms with van der Waals surface area (Å²) in [6.45, 7) is 3.10. The van der Waals surface area contributed by atoms with Crippen LogP contribution in [-0.2, 0) is 18.3 Å². The zero-order valence-corrected chi connectivity index (χ0v) is 14.4. The Morgan fingerprint density at radius 3 is 2.96 bits per heavy atom. The maximum atomic E-state index is 12.7. The first-order valence-electron chi connectivity index (χ1n) is 8.98. The summed E-state index contributed by atoms with van der Waals surface area (Å²) in [5, 5.41) is 4.24. The lowest BCUT2D eigenvalue weighted by atomic mass is 10.1. The summed E-state index contributed by atoms with van der Waals surface area (Å²) in [5.41, 5.74) is 1.14. The maximum absolute atomic E-state index is 12.7. The second-order valence-corrected chi connectivity index (χ2v) is 7.32. The zero-order valence-electron chi connectivity index (χ0n) is 14.4. The third-order valence-electron chi connectivity index (χ3n) is 5.43. The van der Waals surface area contributed by atoms with Gasteiger partial charge in [0.2, 0.25) is 5.91 Å². The first-order chi connectivity index (χ1) is 11.6. The van der Waals surface area contributed by atoms with Crippen molar-refractivity contribution in [3.05, 3.63) is 41.6 Å². The number of likely N-dealkylation sites (tertiary alicyclic amines) is 1. The van der Waals surface area contributed by atoms with Crippen LogP contribution in [0.1, 0.15) is 61.7 Å². The molecule has 24 heavy (non-hydrogen) atoms. The third kappa shape index (κ3) is 2.99. The van der Waals surface area contributed by atoms with E-state index in [1.807, 2.05) is 30.4 Å². The number of hydrogen-bond donors (Lipinski definition) is 0. The van der Waals surface area contributed by atoms with E-state index in [0.29, 0.717) is 18.8 Å². The van der Waals surface area contributed by atoms with Crippen LogP contribution in [0.5, 0.6) is 0 Å². The van der Waals surface area contributed by atoms with E-state index >= 15 is 0 Å². The minimum atomic E-state index is 0.186. The Labute approximate surface area is 142 Å². The number of furan rings is 1. The van der Waals surface area contributed by atoms with E-state index in [-0.39, 0.29) is 11.9 Å². The van der Waals surface area contributed by atoms with E-state index in [4.69, 9.17) is 4.42 Å². The van der Waals surface area contributed by atoms with Crippen molar-refractivity contribution in [1.82, 2.24) is 14.7 Å². The van der Waals surface area contributed by atoms with Crippen LogP contribution in [-0.4, -0.2) is 27.1 Å². The molecule has 0 radical (unpaired) electrons. The SMILES string of the molecule is CC1CC1c1ccc(CCC(=O)N2CCCC2c2cnn(C)c2)o1. The monoisotopic (exact) mass is 327 g/mol. The van der Waals surface area contributed by atoms with E-state index in [1.54, 1.807) is 4.68 Å². The van der Waals surface area contributed by atoms with Crippen LogP contribution in [0.15, 0.2) is 28.9 Å². The number of amides is 1. The molecule has 2 aromatic rings. The van der Waals surface area contributed by atoms with E-state index < -0.39 is 0 Å². The Hall–Kier alpha value is -2.04. The highest BCUT2D eigenvalue weighted by molar-refractivity contribution is 5.77. The van der Waals surface area contributed by atoms with Crippen molar-refractivity contribution >= 4 is 5.91 Å². The van der Waals surface area contributed by atoms with Crippen LogP contribution >= 0.6 is 0 Å². The average Bonchev–Trinajstić information content (AvgIpc) is 3.03. The molecular weight excluding hydrogens is 302 g/mol.